The predicted molar refractivity (Wildman–Crippen MR) is 80.6 cm³/mol. The lowest BCUT2D eigenvalue weighted by Crippen LogP contribution is -1.88. The molecule has 3 nitrogen and oxygen atoms in total. The molecule has 0 amide bonds. The first-order valence-electron chi connectivity index (χ1n) is 6.35. The van der Waals surface area contributed by atoms with Gasteiger partial charge in [0.2, 0.25) is 0 Å². The van der Waals surface area contributed by atoms with Gasteiger partial charge in [-0.05, 0) is 43.5 Å². The number of furan rings is 1. The molecule has 1 aromatic carbocycles. The maximum atomic E-state index is 6.02. The van der Waals surface area contributed by atoms with Gasteiger partial charge in [0.15, 0.2) is 10.8 Å². The molecule has 3 aromatic rings. The van der Waals surface area contributed by atoms with Crippen molar-refractivity contribution in [3.05, 3.63) is 35.1 Å². The molecule has 98 valence electrons. The molecule has 0 saturated heterocycles. The number of anilines is 1. The van der Waals surface area contributed by atoms with Crippen LogP contribution in [0.3, 0.4) is 0 Å². The summed E-state index contributed by atoms with van der Waals surface area (Å²) in [5.41, 5.74) is 10.1. The third-order valence-corrected chi connectivity index (χ3v) is 4.56. The van der Waals surface area contributed by atoms with E-state index in [-0.39, 0.29) is 0 Å². The molecule has 0 saturated carbocycles. The van der Waals surface area contributed by atoms with Gasteiger partial charge >= 0.3 is 0 Å². The molecular formula is C15H16N2OS. The van der Waals surface area contributed by atoms with E-state index in [1.165, 1.54) is 10.3 Å². The van der Waals surface area contributed by atoms with Gasteiger partial charge in [-0.2, -0.15) is 0 Å². The maximum Gasteiger partial charge on any atom is 0.163 e. The Morgan fingerprint density at radius 3 is 2.74 bits per heavy atom. The van der Waals surface area contributed by atoms with E-state index in [2.05, 4.69) is 18.0 Å². The maximum absolute atomic E-state index is 6.02. The van der Waals surface area contributed by atoms with Gasteiger partial charge in [0.1, 0.15) is 11.3 Å². The zero-order valence-corrected chi connectivity index (χ0v) is 12.1. The van der Waals surface area contributed by atoms with E-state index in [9.17, 15) is 0 Å². The molecule has 3 rings (SSSR count). The van der Waals surface area contributed by atoms with Crippen LogP contribution in [0.4, 0.5) is 5.69 Å². The van der Waals surface area contributed by atoms with Crippen molar-refractivity contribution in [3.63, 3.8) is 0 Å². The first kappa shape index (κ1) is 12.2. The van der Waals surface area contributed by atoms with Gasteiger partial charge in [0.05, 0.1) is 10.4 Å². The lowest BCUT2D eigenvalue weighted by Gasteiger charge is -1.99. The van der Waals surface area contributed by atoms with Gasteiger partial charge < -0.3 is 10.2 Å². The number of hydrogen-bond acceptors (Lipinski definition) is 4. The van der Waals surface area contributed by atoms with E-state index >= 15 is 0 Å². The molecule has 0 aliphatic carbocycles. The van der Waals surface area contributed by atoms with Crippen LogP contribution in [0, 0.1) is 13.8 Å². The van der Waals surface area contributed by atoms with Crippen molar-refractivity contribution in [1.29, 1.82) is 0 Å². The van der Waals surface area contributed by atoms with Gasteiger partial charge in [-0.3, -0.25) is 0 Å². The van der Waals surface area contributed by atoms with Crippen molar-refractivity contribution in [3.8, 4) is 10.8 Å². The molecular weight excluding hydrogens is 256 g/mol. The van der Waals surface area contributed by atoms with Crippen LogP contribution in [0.5, 0.6) is 0 Å². The first-order valence-corrected chi connectivity index (χ1v) is 7.17. The fraction of sp³-hybridized carbons (Fsp3) is 0.267. The third-order valence-electron chi connectivity index (χ3n) is 3.41. The Morgan fingerprint density at radius 2 is 2.11 bits per heavy atom. The van der Waals surface area contributed by atoms with E-state index in [1.54, 1.807) is 11.3 Å². The molecule has 0 radical (unpaired) electrons. The number of aryl methyl sites for hydroxylation is 3. The number of fused-ring (bicyclic) bond motifs is 1. The largest absolute Gasteiger partial charge is 0.459 e. The summed E-state index contributed by atoms with van der Waals surface area (Å²) in [5.74, 6) is 1.77. The van der Waals surface area contributed by atoms with Crippen LogP contribution in [-0.2, 0) is 6.42 Å². The zero-order valence-electron chi connectivity index (χ0n) is 11.3. The summed E-state index contributed by atoms with van der Waals surface area (Å²) in [4.78, 5) is 4.65. The normalized spacial score (nSPS) is 11.3. The Hall–Kier alpha value is -1.81. The monoisotopic (exact) mass is 272 g/mol. The first-order chi connectivity index (χ1) is 9.10. The van der Waals surface area contributed by atoms with Gasteiger partial charge in [-0.1, -0.05) is 13.0 Å². The van der Waals surface area contributed by atoms with Crippen LogP contribution in [-0.4, -0.2) is 4.98 Å². The molecule has 0 unspecified atom stereocenters. The fourth-order valence-corrected chi connectivity index (χ4v) is 3.28. The SMILES string of the molecule is CCc1ccc(N)c2nc(-c3cc(C)c(C)o3)sc12. The Morgan fingerprint density at radius 1 is 1.32 bits per heavy atom. The van der Waals surface area contributed by atoms with Crippen LogP contribution in [0.15, 0.2) is 22.6 Å². The topological polar surface area (TPSA) is 52.0 Å². The van der Waals surface area contributed by atoms with Gasteiger partial charge in [-0.25, -0.2) is 4.98 Å². The summed E-state index contributed by atoms with van der Waals surface area (Å²) in [6.07, 6.45) is 0.981. The van der Waals surface area contributed by atoms with Crippen LogP contribution >= 0.6 is 11.3 Å². The molecule has 0 bridgehead atoms. The minimum atomic E-state index is 0.731. The molecule has 2 N–H and O–H groups in total. The van der Waals surface area contributed by atoms with Crippen LogP contribution < -0.4 is 5.73 Å². The lowest BCUT2D eigenvalue weighted by molar-refractivity contribution is 0.545. The number of aromatic nitrogens is 1. The minimum Gasteiger partial charge on any atom is -0.459 e. The van der Waals surface area contributed by atoms with E-state index in [4.69, 9.17) is 10.2 Å². The predicted octanol–water partition coefficient (Wildman–Crippen LogP) is 4.32. The summed E-state index contributed by atoms with van der Waals surface area (Å²) in [6, 6.07) is 6.05. The Labute approximate surface area is 116 Å². The lowest BCUT2D eigenvalue weighted by atomic mass is 10.1. The van der Waals surface area contributed by atoms with E-state index in [1.807, 2.05) is 26.0 Å². The summed E-state index contributed by atoms with van der Waals surface area (Å²) in [7, 11) is 0. The average Bonchev–Trinajstić information content (AvgIpc) is 2.96. The Balaban J connectivity index is 2.23. The van der Waals surface area contributed by atoms with Crippen molar-refractivity contribution in [1.82, 2.24) is 4.98 Å². The number of nitrogens with two attached hydrogens (primary N) is 1. The Bertz CT molecular complexity index is 735. The number of nitrogens with zero attached hydrogens (tertiary/aromatic N) is 1. The Kier molecular flexibility index (Phi) is 2.82. The van der Waals surface area contributed by atoms with E-state index < -0.39 is 0 Å². The molecule has 0 fully saturated rings. The molecule has 19 heavy (non-hydrogen) atoms. The van der Waals surface area contributed by atoms with Crippen molar-refractivity contribution < 1.29 is 4.42 Å². The molecule has 2 aromatic heterocycles. The fourth-order valence-electron chi connectivity index (χ4n) is 2.14. The highest BCUT2D eigenvalue weighted by Crippen LogP contribution is 2.36. The van der Waals surface area contributed by atoms with Crippen LogP contribution in [0.2, 0.25) is 0 Å². The molecule has 0 aliphatic heterocycles. The quantitative estimate of drug-likeness (QED) is 0.707. The highest BCUT2D eigenvalue weighted by atomic mass is 32.1. The van der Waals surface area contributed by atoms with Crippen LogP contribution in [0.25, 0.3) is 21.0 Å². The highest BCUT2D eigenvalue weighted by molar-refractivity contribution is 7.21. The second-order valence-corrected chi connectivity index (χ2v) is 5.71. The van der Waals surface area contributed by atoms with Gasteiger partial charge in [0, 0.05) is 0 Å². The van der Waals surface area contributed by atoms with Crippen molar-refractivity contribution in [2.24, 2.45) is 0 Å². The van der Waals surface area contributed by atoms with Crippen molar-refractivity contribution in [2.45, 2.75) is 27.2 Å². The number of thiazole rings is 1. The second kappa shape index (κ2) is 4.38. The third kappa shape index (κ3) is 1.92. The molecule has 0 atom stereocenters. The summed E-state index contributed by atoms with van der Waals surface area (Å²) in [6.45, 7) is 6.16. The highest BCUT2D eigenvalue weighted by Gasteiger charge is 2.14. The number of benzene rings is 1. The molecule has 4 heteroatoms. The second-order valence-electron chi connectivity index (χ2n) is 4.71. The zero-order chi connectivity index (χ0) is 13.6. The number of hydrogen-bond donors (Lipinski definition) is 1. The molecule has 0 spiro atoms. The summed E-state index contributed by atoms with van der Waals surface area (Å²) >= 11 is 1.65. The van der Waals surface area contributed by atoms with Crippen molar-refractivity contribution >= 4 is 27.2 Å². The summed E-state index contributed by atoms with van der Waals surface area (Å²) in [5, 5.41) is 0.902. The molecule has 0 aliphatic rings. The van der Waals surface area contributed by atoms with Gasteiger partial charge in [0.25, 0.3) is 0 Å². The van der Waals surface area contributed by atoms with Crippen molar-refractivity contribution in [2.75, 3.05) is 5.73 Å². The molecule has 2 heterocycles. The minimum absolute atomic E-state index is 0.731. The van der Waals surface area contributed by atoms with Crippen LogP contribution in [0.1, 0.15) is 23.8 Å². The standard InChI is InChI=1S/C15H16N2OS/c1-4-10-5-6-11(16)13-14(10)19-15(17-13)12-7-8(2)9(3)18-12/h5-7H,4,16H2,1-3H3. The average molecular weight is 272 g/mol. The summed E-state index contributed by atoms with van der Waals surface area (Å²) < 4.78 is 6.92. The van der Waals surface area contributed by atoms with E-state index in [0.29, 0.717) is 0 Å². The smallest absolute Gasteiger partial charge is 0.163 e. The number of rotatable bonds is 2. The van der Waals surface area contributed by atoms with E-state index in [0.717, 1.165) is 39.7 Å². The number of nitrogen functional groups attached to an aromatic ring is 1. The van der Waals surface area contributed by atoms with Gasteiger partial charge in [-0.15, -0.1) is 11.3 Å².